The van der Waals surface area contributed by atoms with Crippen molar-refractivity contribution in [1.29, 1.82) is 0 Å². The van der Waals surface area contributed by atoms with E-state index in [0.29, 0.717) is 32.5 Å². The fraction of sp³-hybridized carbons (Fsp3) is 0.929. The Labute approximate surface area is 122 Å². The van der Waals surface area contributed by atoms with Crippen molar-refractivity contribution in [2.45, 2.75) is 50.9 Å². The number of carbonyl (C=O) groups excluding carboxylic acids is 1. The zero-order chi connectivity index (χ0) is 15.6. The summed E-state index contributed by atoms with van der Waals surface area (Å²) in [6, 6.07) is -0.0411. The van der Waals surface area contributed by atoms with Gasteiger partial charge >= 0.3 is 6.18 Å². The number of hydrogen-bond donors (Lipinski definition) is 1. The number of halogens is 3. The van der Waals surface area contributed by atoms with Crippen molar-refractivity contribution >= 4 is 5.91 Å². The Morgan fingerprint density at radius 2 is 1.90 bits per heavy atom. The first kappa shape index (κ1) is 16.5. The molecule has 0 aromatic rings. The summed E-state index contributed by atoms with van der Waals surface area (Å²) in [4.78, 5) is 14.3. The number of rotatable bonds is 2. The Hall–Kier alpha value is -0.820. The summed E-state index contributed by atoms with van der Waals surface area (Å²) >= 11 is 0. The average Bonchev–Trinajstić information content (AvgIpc) is 2.46. The Kier molecular flexibility index (Phi) is 5.14. The van der Waals surface area contributed by atoms with E-state index in [2.05, 4.69) is 0 Å². The number of ether oxygens (including phenoxy) is 1. The second-order valence-electron chi connectivity index (χ2n) is 6.12. The minimum Gasteiger partial charge on any atom is -0.373 e. The molecule has 4 nitrogen and oxygen atoms in total. The average molecular weight is 308 g/mol. The minimum atomic E-state index is -4.13. The fourth-order valence-corrected chi connectivity index (χ4v) is 3.17. The van der Waals surface area contributed by atoms with Crippen LogP contribution in [0.3, 0.4) is 0 Å². The van der Waals surface area contributed by atoms with Gasteiger partial charge in [0.1, 0.15) is 0 Å². The first-order valence-electron chi connectivity index (χ1n) is 7.51. The summed E-state index contributed by atoms with van der Waals surface area (Å²) in [6.45, 7) is 3.12. The van der Waals surface area contributed by atoms with Crippen LogP contribution in [0.25, 0.3) is 0 Å². The Bertz CT molecular complexity index is 368. The lowest BCUT2D eigenvalue weighted by atomic mass is 9.80. The molecular formula is C14H23F3N2O2. The number of morpholine rings is 1. The molecule has 2 atom stereocenters. The molecule has 2 N–H and O–H groups in total. The lowest BCUT2D eigenvalue weighted by molar-refractivity contribution is -0.186. The predicted octanol–water partition coefficient (Wildman–Crippen LogP) is 1.93. The van der Waals surface area contributed by atoms with Crippen LogP contribution in [0.5, 0.6) is 0 Å². The quantitative estimate of drug-likeness (QED) is 0.848. The number of alkyl halides is 3. The van der Waals surface area contributed by atoms with E-state index >= 15 is 0 Å². The Morgan fingerprint density at radius 3 is 2.43 bits per heavy atom. The van der Waals surface area contributed by atoms with E-state index in [9.17, 15) is 18.0 Å². The molecule has 0 bridgehead atoms. The van der Waals surface area contributed by atoms with E-state index in [1.807, 2.05) is 6.92 Å². The molecule has 2 fully saturated rings. The van der Waals surface area contributed by atoms with E-state index in [0.717, 1.165) is 0 Å². The van der Waals surface area contributed by atoms with E-state index in [1.165, 1.54) is 0 Å². The van der Waals surface area contributed by atoms with Gasteiger partial charge in [-0.2, -0.15) is 13.2 Å². The van der Waals surface area contributed by atoms with Gasteiger partial charge in [-0.3, -0.25) is 4.79 Å². The molecule has 1 aliphatic carbocycles. The van der Waals surface area contributed by atoms with Crippen LogP contribution in [0.4, 0.5) is 13.2 Å². The van der Waals surface area contributed by atoms with Gasteiger partial charge in [-0.1, -0.05) is 0 Å². The van der Waals surface area contributed by atoms with Gasteiger partial charge in [-0.05, 0) is 32.6 Å². The largest absolute Gasteiger partial charge is 0.391 e. The number of nitrogens with two attached hydrogens (primary N) is 1. The van der Waals surface area contributed by atoms with Crippen molar-refractivity contribution < 1.29 is 22.7 Å². The number of amides is 1. The summed E-state index contributed by atoms with van der Waals surface area (Å²) in [7, 11) is 0. The molecule has 0 aromatic heterocycles. The van der Waals surface area contributed by atoms with Crippen molar-refractivity contribution in [3.05, 3.63) is 0 Å². The van der Waals surface area contributed by atoms with Crippen LogP contribution in [0, 0.1) is 11.8 Å². The summed E-state index contributed by atoms with van der Waals surface area (Å²) in [5.74, 6) is -1.58. The van der Waals surface area contributed by atoms with Crippen molar-refractivity contribution in [1.82, 2.24) is 4.90 Å². The normalized spacial score (nSPS) is 34.8. The lowest BCUT2D eigenvalue weighted by Crippen LogP contribution is -2.54. The molecule has 1 aliphatic heterocycles. The third kappa shape index (κ3) is 3.88. The first-order chi connectivity index (χ1) is 9.82. The van der Waals surface area contributed by atoms with Crippen molar-refractivity contribution in [2.24, 2.45) is 17.6 Å². The van der Waals surface area contributed by atoms with Crippen LogP contribution >= 0.6 is 0 Å². The molecule has 1 amide bonds. The standard InChI is InChI=1S/C14H23F3N2O2/c1-9-8-21-12(6-18)7-19(9)13(20)10-2-4-11(5-3-10)14(15,16)17/h9-12H,2-8,18H2,1H3. The van der Waals surface area contributed by atoms with Crippen molar-refractivity contribution in [3.63, 3.8) is 0 Å². The smallest absolute Gasteiger partial charge is 0.373 e. The van der Waals surface area contributed by atoms with Crippen LogP contribution in [0.2, 0.25) is 0 Å². The monoisotopic (exact) mass is 308 g/mol. The van der Waals surface area contributed by atoms with Crippen LogP contribution in [0.1, 0.15) is 32.6 Å². The summed E-state index contributed by atoms with van der Waals surface area (Å²) in [6.07, 6.45) is -3.56. The zero-order valence-corrected chi connectivity index (χ0v) is 12.2. The molecule has 7 heteroatoms. The maximum absolute atomic E-state index is 12.7. The van der Waals surface area contributed by atoms with E-state index < -0.39 is 12.1 Å². The topological polar surface area (TPSA) is 55.6 Å². The highest BCUT2D eigenvalue weighted by Gasteiger charge is 2.43. The van der Waals surface area contributed by atoms with Gasteiger partial charge in [0, 0.05) is 19.0 Å². The van der Waals surface area contributed by atoms with Crippen LogP contribution in [-0.2, 0) is 9.53 Å². The fourth-order valence-electron chi connectivity index (χ4n) is 3.17. The lowest BCUT2D eigenvalue weighted by Gasteiger charge is -2.40. The summed E-state index contributed by atoms with van der Waals surface area (Å²) in [5.41, 5.74) is 5.57. The highest BCUT2D eigenvalue weighted by molar-refractivity contribution is 5.79. The van der Waals surface area contributed by atoms with E-state index in [4.69, 9.17) is 10.5 Å². The van der Waals surface area contributed by atoms with Gasteiger partial charge in [-0.25, -0.2) is 0 Å². The van der Waals surface area contributed by atoms with Gasteiger partial charge in [0.15, 0.2) is 0 Å². The number of carbonyl (C=O) groups is 1. The van der Waals surface area contributed by atoms with Gasteiger partial charge in [-0.15, -0.1) is 0 Å². The molecule has 1 saturated heterocycles. The van der Waals surface area contributed by atoms with Crippen molar-refractivity contribution in [3.8, 4) is 0 Å². The van der Waals surface area contributed by atoms with E-state index in [-0.39, 0.29) is 36.8 Å². The third-order valence-corrected chi connectivity index (χ3v) is 4.59. The zero-order valence-electron chi connectivity index (χ0n) is 12.2. The maximum Gasteiger partial charge on any atom is 0.391 e. The number of hydrogen-bond acceptors (Lipinski definition) is 3. The van der Waals surface area contributed by atoms with Gasteiger partial charge < -0.3 is 15.4 Å². The molecule has 0 radical (unpaired) electrons. The molecule has 0 aromatic carbocycles. The molecule has 1 saturated carbocycles. The molecule has 2 rings (SSSR count). The maximum atomic E-state index is 12.7. The molecule has 122 valence electrons. The van der Waals surface area contributed by atoms with Crippen molar-refractivity contribution in [2.75, 3.05) is 19.7 Å². The minimum absolute atomic E-state index is 0.0372. The van der Waals surface area contributed by atoms with Gasteiger partial charge in [0.2, 0.25) is 5.91 Å². The molecular weight excluding hydrogens is 285 g/mol. The first-order valence-corrected chi connectivity index (χ1v) is 7.51. The van der Waals surface area contributed by atoms with E-state index in [1.54, 1.807) is 4.90 Å². The highest BCUT2D eigenvalue weighted by atomic mass is 19.4. The van der Waals surface area contributed by atoms with Gasteiger partial charge in [0.05, 0.1) is 24.7 Å². The van der Waals surface area contributed by atoms with Crippen LogP contribution in [0.15, 0.2) is 0 Å². The van der Waals surface area contributed by atoms with Crippen LogP contribution in [-0.4, -0.2) is 48.8 Å². The van der Waals surface area contributed by atoms with Gasteiger partial charge in [0.25, 0.3) is 0 Å². The molecule has 0 spiro atoms. The Balaban J connectivity index is 1.92. The Morgan fingerprint density at radius 1 is 1.29 bits per heavy atom. The van der Waals surface area contributed by atoms with Crippen LogP contribution < -0.4 is 5.73 Å². The molecule has 2 unspecified atom stereocenters. The predicted molar refractivity (Wildman–Crippen MR) is 71.5 cm³/mol. The second-order valence-corrected chi connectivity index (χ2v) is 6.12. The highest BCUT2D eigenvalue weighted by Crippen LogP contribution is 2.40. The third-order valence-electron chi connectivity index (χ3n) is 4.59. The summed E-state index contributed by atoms with van der Waals surface area (Å²) < 4.78 is 43.5. The molecule has 1 heterocycles. The second kappa shape index (κ2) is 6.52. The SMILES string of the molecule is CC1COC(CN)CN1C(=O)C1CCC(C(F)(F)F)CC1. The summed E-state index contributed by atoms with van der Waals surface area (Å²) in [5, 5.41) is 0. The molecule has 21 heavy (non-hydrogen) atoms. The number of nitrogens with zero attached hydrogens (tertiary/aromatic N) is 1. The molecule has 2 aliphatic rings.